The zero-order valence-electron chi connectivity index (χ0n) is 15.7. The third-order valence-corrected chi connectivity index (χ3v) is 5.57. The number of nitrogens with one attached hydrogen (secondary N) is 2. The van der Waals surface area contributed by atoms with Gasteiger partial charge in [0.1, 0.15) is 12.1 Å². The van der Waals surface area contributed by atoms with Crippen LogP contribution in [0.3, 0.4) is 0 Å². The normalized spacial score (nSPS) is 21.7. The zero-order valence-corrected chi connectivity index (χ0v) is 15.7. The number of benzene rings is 2. The van der Waals surface area contributed by atoms with Gasteiger partial charge in [-0.1, -0.05) is 60.7 Å². The summed E-state index contributed by atoms with van der Waals surface area (Å²) < 4.78 is 0. The highest BCUT2D eigenvalue weighted by atomic mass is 16.2. The molecular weight excluding hydrogens is 354 g/mol. The molecule has 4 amide bonds. The number of carbonyl (C=O) groups is 3. The second kappa shape index (κ2) is 7.11. The van der Waals surface area contributed by atoms with Gasteiger partial charge in [0.05, 0.1) is 6.04 Å². The summed E-state index contributed by atoms with van der Waals surface area (Å²) in [5.74, 6) is -0.522. The van der Waals surface area contributed by atoms with Crippen LogP contribution in [-0.4, -0.2) is 34.8 Å². The summed E-state index contributed by atoms with van der Waals surface area (Å²) in [5.41, 5.74) is 0.986. The van der Waals surface area contributed by atoms with Crippen molar-refractivity contribution in [1.82, 2.24) is 15.5 Å². The lowest BCUT2D eigenvalue weighted by molar-refractivity contribution is -0.135. The Morgan fingerprint density at radius 3 is 2.11 bits per heavy atom. The summed E-state index contributed by atoms with van der Waals surface area (Å²) >= 11 is 0. The summed E-state index contributed by atoms with van der Waals surface area (Å²) in [4.78, 5) is 38.8. The molecule has 144 valence electrons. The molecule has 1 aliphatic heterocycles. The topological polar surface area (TPSA) is 78.5 Å². The van der Waals surface area contributed by atoms with Crippen molar-refractivity contribution in [1.29, 1.82) is 0 Å². The smallest absolute Gasteiger partial charge is 0.325 e. The molecule has 2 aliphatic rings. The van der Waals surface area contributed by atoms with E-state index in [1.807, 2.05) is 60.7 Å². The molecule has 0 radical (unpaired) electrons. The summed E-state index contributed by atoms with van der Waals surface area (Å²) in [6.45, 7) is 1.46. The minimum atomic E-state index is -0.879. The Morgan fingerprint density at radius 2 is 1.61 bits per heavy atom. The second-order valence-corrected chi connectivity index (χ2v) is 7.62. The van der Waals surface area contributed by atoms with Gasteiger partial charge in [-0.15, -0.1) is 0 Å². The van der Waals surface area contributed by atoms with Crippen LogP contribution in [0.4, 0.5) is 4.79 Å². The highest BCUT2D eigenvalue weighted by Crippen LogP contribution is 2.42. The van der Waals surface area contributed by atoms with Gasteiger partial charge < -0.3 is 10.6 Å². The molecule has 0 aromatic heterocycles. The summed E-state index contributed by atoms with van der Waals surface area (Å²) in [5, 5.41) is 5.75. The Hall–Kier alpha value is -3.15. The fraction of sp³-hybridized carbons (Fsp3) is 0.318. The van der Waals surface area contributed by atoms with E-state index in [4.69, 9.17) is 0 Å². The predicted octanol–water partition coefficient (Wildman–Crippen LogP) is 2.61. The molecule has 0 spiro atoms. The third-order valence-electron chi connectivity index (χ3n) is 5.57. The van der Waals surface area contributed by atoms with Crippen LogP contribution in [0.1, 0.15) is 36.9 Å². The van der Waals surface area contributed by atoms with Crippen LogP contribution >= 0.6 is 0 Å². The standard InChI is InChI=1S/C22H23N3O3/c1-22(17-12-13-17)20(27)25(21(28)24-22)14-18(26)23-19(15-8-4-2-5-9-15)16-10-6-3-7-11-16/h2-11,17,19H,12-14H2,1H3,(H,23,26)(H,24,28)/t22-/m1/s1. The average molecular weight is 377 g/mol. The van der Waals surface area contributed by atoms with Crippen molar-refractivity contribution < 1.29 is 14.4 Å². The van der Waals surface area contributed by atoms with E-state index in [0.29, 0.717) is 0 Å². The number of imide groups is 1. The molecule has 1 saturated heterocycles. The van der Waals surface area contributed by atoms with Crippen LogP contribution in [0, 0.1) is 5.92 Å². The predicted molar refractivity (Wildman–Crippen MR) is 104 cm³/mol. The van der Waals surface area contributed by atoms with Crippen LogP contribution in [-0.2, 0) is 9.59 Å². The van der Waals surface area contributed by atoms with Gasteiger partial charge in [-0.05, 0) is 36.8 Å². The summed E-state index contributed by atoms with van der Waals surface area (Å²) in [7, 11) is 0. The molecular formula is C22H23N3O3. The number of hydrogen-bond acceptors (Lipinski definition) is 3. The Bertz CT molecular complexity index is 856. The van der Waals surface area contributed by atoms with Crippen molar-refractivity contribution in [2.45, 2.75) is 31.3 Å². The van der Waals surface area contributed by atoms with E-state index in [0.717, 1.165) is 28.9 Å². The molecule has 2 N–H and O–H groups in total. The minimum Gasteiger partial charge on any atom is -0.344 e. The molecule has 2 fully saturated rings. The Balaban J connectivity index is 1.51. The van der Waals surface area contributed by atoms with E-state index in [2.05, 4.69) is 10.6 Å². The molecule has 28 heavy (non-hydrogen) atoms. The number of urea groups is 1. The molecule has 1 aliphatic carbocycles. The Kier molecular flexibility index (Phi) is 4.63. The first kappa shape index (κ1) is 18.2. The third kappa shape index (κ3) is 3.38. The second-order valence-electron chi connectivity index (χ2n) is 7.62. The van der Waals surface area contributed by atoms with Gasteiger partial charge in [0.2, 0.25) is 5.91 Å². The number of amides is 4. The molecule has 2 aromatic carbocycles. The maximum absolute atomic E-state index is 12.8. The van der Waals surface area contributed by atoms with Crippen LogP contribution in [0.5, 0.6) is 0 Å². The minimum absolute atomic E-state index is 0.165. The number of rotatable bonds is 6. The lowest BCUT2D eigenvalue weighted by Gasteiger charge is -2.22. The van der Waals surface area contributed by atoms with Gasteiger partial charge in [-0.2, -0.15) is 0 Å². The Labute approximate surface area is 163 Å². The first-order valence-electron chi connectivity index (χ1n) is 9.52. The van der Waals surface area contributed by atoms with Crippen molar-refractivity contribution >= 4 is 17.8 Å². The van der Waals surface area contributed by atoms with Gasteiger partial charge >= 0.3 is 6.03 Å². The van der Waals surface area contributed by atoms with Crippen LogP contribution in [0.2, 0.25) is 0 Å². The molecule has 0 bridgehead atoms. The first-order chi connectivity index (χ1) is 13.5. The lowest BCUT2D eigenvalue weighted by Crippen LogP contribution is -2.47. The van der Waals surface area contributed by atoms with Crippen molar-refractivity contribution in [2.24, 2.45) is 5.92 Å². The summed E-state index contributed by atoms with van der Waals surface area (Å²) in [6.07, 6.45) is 1.85. The monoisotopic (exact) mass is 377 g/mol. The van der Waals surface area contributed by atoms with Crippen LogP contribution < -0.4 is 10.6 Å². The summed E-state index contributed by atoms with van der Waals surface area (Å²) in [6, 6.07) is 18.4. The van der Waals surface area contributed by atoms with Crippen molar-refractivity contribution in [2.75, 3.05) is 6.54 Å². The fourth-order valence-corrected chi connectivity index (χ4v) is 3.80. The van der Waals surface area contributed by atoms with E-state index in [9.17, 15) is 14.4 Å². The van der Waals surface area contributed by atoms with Gasteiger partial charge in [-0.3, -0.25) is 14.5 Å². The molecule has 6 nitrogen and oxygen atoms in total. The van der Waals surface area contributed by atoms with E-state index in [1.54, 1.807) is 6.92 Å². The first-order valence-corrected chi connectivity index (χ1v) is 9.52. The lowest BCUT2D eigenvalue weighted by atomic mass is 9.96. The van der Waals surface area contributed by atoms with E-state index in [-0.39, 0.29) is 30.3 Å². The molecule has 1 saturated carbocycles. The highest BCUT2D eigenvalue weighted by Gasteiger charge is 2.56. The Morgan fingerprint density at radius 1 is 1.07 bits per heavy atom. The SMILES string of the molecule is C[C@]1(C2CC2)NC(=O)N(CC(=O)NC(c2ccccc2)c2ccccc2)C1=O. The van der Waals surface area contributed by atoms with E-state index < -0.39 is 11.6 Å². The largest absolute Gasteiger partial charge is 0.344 e. The van der Waals surface area contributed by atoms with Crippen molar-refractivity contribution in [3.05, 3.63) is 71.8 Å². The quantitative estimate of drug-likeness (QED) is 0.760. The molecule has 0 unspecified atom stereocenters. The molecule has 1 atom stereocenters. The van der Waals surface area contributed by atoms with Crippen molar-refractivity contribution in [3.63, 3.8) is 0 Å². The van der Waals surface area contributed by atoms with Gasteiger partial charge in [0.25, 0.3) is 5.91 Å². The maximum Gasteiger partial charge on any atom is 0.325 e. The number of carbonyl (C=O) groups excluding carboxylic acids is 3. The molecule has 4 rings (SSSR count). The van der Waals surface area contributed by atoms with E-state index >= 15 is 0 Å². The van der Waals surface area contributed by atoms with Gasteiger partial charge in [0, 0.05) is 0 Å². The maximum atomic E-state index is 12.8. The highest BCUT2D eigenvalue weighted by molar-refractivity contribution is 6.09. The van der Waals surface area contributed by atoms with Crippen LogP contribution in [0.25, 0.3) is 0 Å². The molecule has 1 heterocycles. The van der Waals surface area contributed by atoms with Gasteiger partial charge in [-0.25, -0.2) is 4.79 Å². The average Bonchev–Trinajstić information content (AvgIpc) is 3.54. The van der Waals surface area contributed by atoms with E-state index in [1.165, 1.54) is 0 Å². The molecule has 2 aromatic rings. The number of nitrogens with zero attached hydrogens (tertiary/aromatic N) is 1. The number of hydrogen-bond donors (Lipinski definition) is 2. The fourth-order valence-electron chi connectivity index (χ4n) is 3.80. The zero-order chi connectivity index (χ0) is 19.7. The van der Waals surface area contributed by atoms with Gasteiger partial charge in [0.15, 0.2) is 0 Å². The molecule has 6 heteroatoms. The van der Waals surface area contributed by atoms with Crippen LogP contribution in [0.15, 0.2) is 60.7 Å². The van der Waals surface area contributed by atoms with Crippen molar-refractivity contribution in [3.8, 4) is 0 Å².